The molecule has 4 aromatic rings. The number of nitrogens with one attached hydrogen (secondary N) is 1. The highest BCUT2D eigenvalue weighted by Gasteiger charge is 2.36. The van der Waals surface area contributed by atoms with Crippen LogP contribution in [0.1, 0.15) is 22.7 Å². The van der Waals surface area contributed by atoms with Gasteiger partial charge in [0.05, 0.1) is 25.5 Å². The monoisotopic (exact) mass is 486 g/mol. The van der Waals surface area contributed by atoms with Crippen LogP contribution in [-0.2, 0) is 16.1 Å². The van der Waals surface area contributed by atoms with Gasteiger partial charge in [0.25, 0.3) is 0 Å². The summed E-state index contributed by atoms with van der Waals surface area (Å²) in [5.74, 6) is 0.662. The minimum Gasteiger partial charge on any atom is -0.493 e. The minimum atomic E-state index is -0.633. The molecular formula is C27H23FN4O4. The summed E-state index contributed by atoms with van der Waals surface area (Å²) in [6, 6.07) is 20.4. The second-order valence-corrected chi connectivity index (χ2v) is 8.03. The van der Waals surface area contributed by atoms with Crippen molar-refractivity contribution in [2.45, 2.75) is 12.6 Å². The van der Waals surface area contributed by atoms with Gasteiger partial charge in [-0.05, 0) is 41.0 Å². The SMILES string of the molecule is COC(=O)C1=C(c2ccccc2)Nc2ncnn2[C@@H]1c1ccc(OCc2ccc(F)cc2)c(OC)c1. The normalized spacial score (nSPS) is 14.6. The van der Waals surface area contributed by atoms with Crippen molar-refractivity contribution in [1.29, 1.82) is 0 Å². The molecular weight excluding hydrogens is 463 g/mol. The number of ether oxygens (including phenoxy) is 3. The Bertz CT molecular complexity index is 1420. The largest absolute Gasteiger partial charge is 0.493 e. The van der Waals surface area contributed by atoms with E-state index in [1.807, 2.05) is 36.4 Å². The fourth-order valence-corrected chi connectivity index (χ4v) is 4.15. The standard InChI is InChI=1S/C27H23FN4O4/c1-34-22-14-19(10-13-21(22)36-15-17-8-11-20(28)12-9-17)25-23(26(33)35-2)24(18-6-4-3-5-7-18)31-27-29-16-30-32(25)27/h3-14,16,25H,15H2,1-2H3,(H,29,30,31)/t25-/m1/s1. The first-order chi connectivity index (χ1) is 17.6. The van der Waals surface area contributed by atoms with Crippen molar-refractivity contribution >= 4 is 17.6 Å². The third-order valence-corrected chi connectivity index (χ3v) is 5.88. The van der Waals surface area contributed by atoms with Gasteiger partial charge in [0.2, 0.25) is 5.95 Å². The van der Waals surface area contributed by atoms with Crippen molar-refractivity contribution in [1.82, 2.24) is 14.8 Å². The van der Waals surface area contributed by atoms with Crippen molar-refractivity contribution in [3.63, 3.8) is 0 Å². The Labute approximate surface area is 207 Å². The number of benzene rings is 3. The van der Waals surface area contributed by atoms with E-state index in [9.17, 15) is 9.18 Å². The molecule has 0 saturated heterocycles. The Kier molecular flexibility index (Phi) is 6.36. The molecule has 5 rings (SSSR count). The molecule has 1 aliphatic rings. The average Bonchev–Trinajstić information content (AvgIpc) is 3.40. The van der Waals surface area contributed by atoms with Gasteiger partial charge in [0.15, 0.2) is 11.5 Å². The summed E-state index contributed by atoms with van der Waals surface area (Å²) in [4.78, 5) is 17.4. The Hall–Kier alpha value is -4.66. The number of halogens is 1. The molecule has 0 amide bonds. The van der Waals surface area contributed by atoms with Crippen molar-refractivity contribution in [2.24, 2.45) is 0 Å². The molecule has 1 aliphatic heterocycles. The number of carbonyl (C=O) groups is 1. The molecule has 0 radical (unpaired) electrons. The first kappa shape index (κ1) is 23.1. The van der Waals surface area contributed by atoms with Crippen LogP contribution in [0.2, 0.25) is 0 Å². The summed E-state index contributed by atoms with van der Waals surface area (Å²) in [6.07, 6.45) is 1.43. The highest BCUT2D eigenvalue weighted by molar-refractivity contribution is 6.02. The van der Waals surface area contributed by atoms with Gasteiger partial charge in [-0.1, -0.05) is 48.5 Å². The Balaban J connectivity index is 1.56. The predicted molar refractivity (Wildman–Crippen MR) is 131 cm³/mol. The van der Waals surface area contributed by atoms with Crippen LogP contribution in [0, 0.1) is 5.82 Å². The first-order valence-corrected chi connectivity index (χ1v) is 11.2. The number of hydrogen-bond donors (Lipinski definition) is 1. The number of esters is 1. The van der Waals surface area contributed by atoms with Gasteiger partial charge < -0.3 is 19.5 Å². The third-order valence-electron chi connectivity index (χ3n) is 5.88. The van der Waals surface area contributed by atoms with Crippen molar-refractivity contribution in [3.05, 3.63) is 107 Å². The number of hydrogen-bond acceptors (Lipinski definition) is 7. The quantitative estimate of drug-likeness (QED) is 0.382. The lowest BCUT2D eigenvalue weighted by atomic mass is 9.92. The Morgan fingerprint density at radius 2 is 1.81 bits per heavy atom. The summed E-state index contributed by atoms with van der Waals surface area (Å²) < 4.78 is 31.6. The first-order valence-electron chi connectivity index (χ1n) is 11.2. The number of fused-ring (bicyclic) bond motifs is 1. The van der Waals surface area contributed by atoms with Crippen molar-refractivity contribution in [3.8, 4) is 11.5 Å². The molecule has 1 N–H and O–H groups in total. The molecule has 9 heteroatoms. The lowest BCUT2D eigenvalue weighted by Crippen LogP contribution is -2.29. The molecule has 8 nitrogen and oxygen atoms in total. The van der Waals surface area contributed by atoms with Crippen LogP contribution in [0.25, 0.3) is 5.70 Å². The summed E-state index contributed by atoms with van der Waals surface area (Å²) in [7, 11) is 2.89. The molecule has 0 spiro atoms. The second-order valence-electron chi connectivity index (χ2n) is 8.03. The van der Waals surface area contributed by atoms with Crippen LogP contribution in [0.5, 0.6) is 11.5 Å². The second kappa shape index (κ2) is 9.91. The van der Waals surface area contributed by atoms with E-state index >= 15 is 0 Å². The van der Waals surface area contributed by atoms with E-state index in [0.717, 1.165) is 16.7 Å². The highest BCUT2D eigenvalue weighted by atomic mass is 19.1. The lowest BCUT2D eigenvalue weighted by molar-refractivity contribution is -0.136. The van der Waals surface area contributed by atoms with E-state index in [4.69, 9.17) is 14.2 Å². The van der Waals surface area contributed by atoms with Crippen LogP contribution in [-0.4, -0.2) is 35.0 Å². The van der Waals surface area contributed by atoms with E-state index < -0.39 is 12.0 Å². The van der Waals surface area contributed by atoms with Gasteiger partial charge in [-0.15, -0.1) is 0 Å². The molecule has 2 heterocycles. The van der Waals surface area contributed by atoms with Gasteiger partial charge >= 0.3 is 5.97 Å². The number of rotatable bonds is 7. The smallest absolute Gasteiger partial charge is 0.338 e. The molecule has 0 bridgehead atoms. The zero-order valence-electron chi connectivity index (χ0n) is 19.6. The number of aromatic nitrogens is 3. The molecule has 0 saturated carbocycles. The number of anilines is 1. The van der Waals surface area contributed by atoms with Crippen LogP contribution < -0.4 is 14.8 Å². The van der Waals surface area contributed by atoms with E-state index in [2.05, 4.69) is 15.4 Å². The summed E-state index contributed by atoms with van der Waals surface area (Å²) in [6.45, 7) is 0.238. The fourth-order valence-electron chi connectivity index (χ4n) is 4.15. The van der Waals surface area contributed by atoms with Crippen LogP contribution in [0.4, 0.5) is 10.3 Å². The number of carbonyl (C=O) groups excluding carboxylic acids is 1. The van der Waals surface area contributed by atoms with E-state index in [1.54, 1.807) is 36.1 Å². The summed E-state index contributed by atoms with van der Waals surface area (Å²) >= 11 is 0. The number of nitrogens with zero attached hydrogens (tertiary/aromatic N) is 3. The minimum absolute atomic E-state index is 0.238. The third kappa shape index (κ3) is 4.38. The molecule has 3 aromatic carbocycles. The number of methoxy groups -OCH3 is 2. The Morgan fingerprint density at radius 1 is 1.03 bits per heavy atom. The molecule has 1 atom stereocenters. The molecule has 1 aromatic heterocycles. The van der Waals surface area contributed by atoms with Gasteiger partial charge in [-0.3, -0.25) is 0 Å². The summed E-state index contributed by atoms with van der Waals surface area (Å²) in [5.41, 5.74) is 3.32. The summed E-state index contributed by atoms with van der Waals surface area (Å²) in [5, 5.41) is 7.60. The van der Waals surface area contributed by atoms with Crippen LogP contribution >= 0.6 is 0 Å². The molecule has 0 fully saturated rings. The molecule has 36 heavy (non-hydrogen) atoms. The predicted octanol–water partition coefficient (Wildman–Crippen LogP) is 4.60. The van der Waals surface area contributed by atoms with Crippen molar-refractivity contribution < 1.29 is 23.4 Å². The zero-order chi connectivity index (χ0) is 25.1. The fraction of sp³-hybridized carbons (Fsp3) is 0.148. The van der Waals surface area contributed by atoms with Crippen molar-refractivity contribution in [2.75, 3.05) is 19.5 Å². The van der Waals surface area contributed by atoms with Crippen LogP contribution in [0.3, 0.4) is 0 Å². The van der Waals surface area contributed by atoms with Gasteiger partial charge in [0.1, 0.15) is 24.8 Å². The molecule has 0 unspecified atom stereocenters. The average molecular weight is 487 g/mol. The van der Waals surface area contributed by atoms with Crippen LogP contribution in [0.15, 0.2) is 84.7 Å². The highest BCUT2D eigenvalue weighted by Crippen LogP contribution is 2.41. The van der Waals surface area contributed by atoms with Gasteiger partial charge in [-0.25, -0.2) is 13.9 Å². The van der Waals surface area contributed by atoms with Gasteiger partial charge in [0, 0.05) is 0 Å². The van der Waals surface area contributed by atoms with E-state index in [1.165, 1.54) is 25.6 Å². The zero-order valence-corrected chi connectivity index (χ0v) is 19.6. The maximum Gasteiger partial charge on any atom is 0.338 e. The lowest BCUT2D eigenvalue weighted by Gasteiger charge is -2.29. The van der Waals surface area contributed by atoms with Gasteiger partial charge in [-0.2, -0.15) is 10.1 Å². The maximum absolute atomic E-state index is 13.2. The Morgan fingerprint density at radius 3 is 2.53 bits per heavy atom. The van der Waals surface area contributed by atoms with E-state index in [0.29, 0.717) is 28.7 Å². The maximum atomic E-state index is 13.2. The molecule has 0 aliphatic carbocycles. The molecule has 182 valence electrons. The van der Waals surface area contributed by atoms with E-state index in [-0.39, 0.29) is 12.4 Å². The topological polar surface area (TPSA) is 87.5 Å².